The van der Waals surface area contributed by atoms with Crippen molar-refractivity contribution in [3.8, 4) is 0 Å². The van der Waals surface area contributed by atoms with Gasteiger partial charge in [0, 0.05) is 12.1 Å². The van der Waals surface area contributed by atoms with Crippen molar-refractivity contribution < 1.29 is 4.39 Å². The van der Waals surface area contributed by atoms with Crippen LogP contribution in [0.15, 0.2) is 18.2 Å². The molecule has 19 heavy (non-hydrogen) atoms. The van der Waals surface area contributed by atoms with Crippen LogP contribution in [0.4, 0.5) is 4.39 Å². The molecule has 0 heterocycles. The van der Waals surface area contributed by atoms with E-state index in [4.69, 9.17) is 0 Å². The third kappa shape index (κ3) is 5.32. The maximum atomic E-state index is 13.6. The summed E-state index contributed by atoms with van der Waals surface area (Å²) in [7, 11) is 0. The lowest BCUT2D eigenvalue weighted by molar-refractivity contribution is 0.395. The first kappa shape index (κ1) is 16.2. The highest BCUT2D eigenvalue weighted by atomic mass is 19.1. The van der Waals surface area contributed by atoms with Crippen LogP contribution in [-0.4, -0.2) is 6.04 Å². The first-order valence-electron chi connectivity index (χ1n) is 7.60. The Kier molecular flexibility index (Phi) is 7.07. The van der Waals surface area contributed by atoms with Gasteiger partial charge in [0.05, 0.1) is 0 Å². The number of aryl methyl sites for hydroxylation is 1. The van der Waals surface area contributed by atoms with Gasteiger partial charge < -0.3 is 5.32 Å². The normalized spacial score (nSPS) is 14.4. The second-order valence-electron chi connectivity index (χ2n) is 5.52. The number of hydrogen-bond acceptors (Lipinski definition) is 1. The minimum Gasteiger partial charge on any atom is -0.307 e. The molecule has 0 saturated heterocycles. The van der Waals surface area contributed by atoms with E-state index in [1.165, 1.54) is 32.1 Å². The Morgan fingerprint density at radius 2 is 1.89 bits per heavy atom. The Labute approximate surface area is 117 Å². The second-order valence-corrected chi connectivity index (χ2v) is 5.52. The summed E-state index contributed by atoms with van der Waals surface area (Å²) in [6.07, 6.45) is 6.08. The Bertz CT molecular complexity index is 376. The summed E-state index contributed by atoms with van der Waals surface area (Å²) in [6, 6.07) is 6.31. The molecule has 0 spiro atoms. The molecule has 2 unspecified atom stereocenters. The molecule has 0 amide bonds. The fraction of sp³-hybridized carbons (Fsp3) is 0.647. The van der Waals surface area contributed by atoms with E-state index in [0.717, 1.165) is 5.56 Å². The van der Waals surface area contributed by atoms with Crippen LogP contribution in [0.3, 0.4) is 0 Å². The molecule has 1 N–H and O–H groups in total. The minimum absolute atomic E-state index is 0.105. The Balaban J connectivity index is 2.63. The average Bonchev–Trinajstić information content (AvgIpc) is 2.39. The Morgan fingerprint density at radius 3 is 2.47 bits per heavy atom. The standard InChI is InChI=1S/C17H28FN/c1-5-7-9-16(8-6-2)19-14(4)15-11-10-13(3)17(18)12-15/h10-12,14,16,19H,5-9H2,1-4H3. The van der Waals surface area contributed by atoms with Crippen LogP contribution in [-0.2, 0) is 0 Å². The van der Waals surface area contributed by atoms with Crippen molar-refractivity contribution in [2.45, 2.75) is 71.9 Å². The molecule has 0 fully saturated rings. The molecule has 108 valence electrons. The van der Waals surface area contributed by atoms with E-state index in [0.29, 0.717) is 11.6 Å². The summed E-state index contributed by atoms with van der Waals surface area (Å²) in [5.74, 6) is -0.105. The zero-order valence-electron chi connectivity index (χ0n) is 12.8. The fourth-order valence-electron chi connectivity index (χ4n) is 2.44. The summed E-state index contributed by atoms with van der Waals surface area (Å²) >= 11 is 0. The van der Waals surface area contributed by atoms with E-state index in [-0.39, 0.29) is 11.9 Å². The summed E-state index contributed by atoms with van der Waals surface area (Å²) < 4.78 is 13.6. The molecule has 1 aromatic carbocycles. The van der Waals surface area contributed by atoms with Gasteiger partial charge >= 0.3 is 0 Å². The summed E-state index contributed by atoms with van der Waals surface area (Å²) in [6.45, 7) is 8.37. The van der Waals surface area contributed by atoms with Crippen LogP contribution in [0.1, 0.15) is 70.0 Å². The predicted molar refractivity (Wildman–Crippen MR) is 80.9 cm³/mol. The molecule has 2 heteroatoms. The molecule has 1 nitrogen and oxygen atoms in total. The van der Waals surface area contributed by atoms with Crippen molar-refractivity contribution in [1.29, 1.82) is 0 Å². The molecule has 0 saturated carbocycles. The van der Waals surface area contributed by atoms with E-state index in [2.05, 4.69) is 26.1 Å². The van der Waals surface area contributed by atoms with Crippen LogP contribution < -0.4 is 5.32 Å². The highest BCUT2D eigenvalue weighted by Crippen LogP contribution is 2.19. The molecule has 0 bridgehead atoms. The highest BCUT2D eigenvalue weighted by Gasteiger charge is 2.13. The molecular formula is C17H28FN. The monoisotopic (exact) mass is 265 g/mol. The zero-order chi connectivity index (χ0) is 14.3. The van der Waals surface area contributed by atoms with Crippen molar-refractivity contribution in [3.05, 3.63) is 35.1 Å². The van der Waals surface area contributed by atoms with Crippen molar-refractivity contribution >= 4 is 0 Å². The van der Waals surface area contributed by atoms with Crippen molar-refractivity contribution in [2.24, 2.45) is 0 Å². The average molecular weight is 265 g/mol. The number of benzene rings is 1. The van der Waals surface area contributed by atoms with E-state index < -0.39 is 0 Å². The summed E-state index contributed by atoms with van der Waals surface area (Å²) in [5.41, 5.74) is 1.76. The molecule has 1 aromatic rings. The van der Waals surface area contributed by atoms with Gasteiger partial charge in [0.25, 0.3) is 0 Å². The number of hydrogen-bond donors (Lipinski definition) is 1. The fourth-order valence-corrected chi connectivity index (χ4v) is 2.44. The molecule has 0 aliphatic heterocycles. The Hall–Kier alpha value is -0.890. The van der Waals surface area contributed by atoms with Gasteiger partial charge in [0.15, 0.2) is 0 Å². The Morgan fingerprint density at radius 1 is 1.16 bits per heavy atom. The highest BCUT2D eigenvalue weighted by molar-refractivity contribution is 5.25. The third-order valence-corrected chi connectivity index (χ3v) is 3.72. The second kappa shape index (κ2) is 8.31. The van der Waals surface area contributed by atoms with Crippen molar-refractivity contribution in [1.82, 2.24) is 5.32 Å². The number of halogens is 1. The van der Waals surface area contributed by atoms with Crippen LogP contribution in [0.2, 0.25) is 0 Å². The maximum Gasteiger partial charge on any atom is 0.126 e. The van der Waals surface area contributed by atoms with Gasteiger partial charge in [-0.25, -0.2) is 4.39 Å². The van der Waals surface area contributed by atoms with Gasteiger partial charge in [-0.1, -0.05) is 45.2 Å². The quantitative estimate of drug-likeness (QED) is 0.686. The first-order valence-corrected chi connectivity index (χ1v) is 7.60. The minimum atomic E-state index is -0.105. The van der Waals surface area contributed by atoms with Gasteiger partial charge in [0.2, 0.25) is 0 Å². The van der Waals surface area contributed by atoms with Gasteiger partial charge in [-0.15, -0.1) is 0 Å². The van der Waals surface area contributed by atoms with Crippen molar-refractivity contribution in [3.63, 3.8) is 0 Å². The third-order valence-electron chi connectivity index (χ3n) is 3.72. The van der Waals surface area contributed by atoms with Crippen LogP contribution >= 0.6 is 0 Å². The van der Waals surface area contributed by atoms with Crippen LogP contribution in [0.25, 0.3) is 0 Å². The lowest BCUT2D eigenvalue weighted by Gasteiger charge is -2.23. The van der Waals surface area contributed by atoms with Gasteiger partial charge in [-0.2, -0.15) is 0 Å². The molecule has 0 aliphatic rings. The molecule has 0 radical (unpaired) electrons. The molecular weight excluding hydrogens is 237 g/mol. The molecule has 0 aliphatic carbocycles. The lowest BCUT2D eigenvalue weighted by Crippen LogP contribution is -2.31. The van der Waals surface area contributed by atoms with Gasteiger partial charge in [0.1, 0.15) is 5.82 Å². The molecule has 2 atom stereocenters. The molecule has 0 aromatic heterocycles. The number of rotatable bonds is 8. The first-order chi connectivity index (χ1) is 9.08. The van der Waals surface area contributed by atoms with Gasteiger partial charge in [-0.3, -0.25) is 0 Å². The summed E-state index contributed by atoms with van der Waals surface area (Å²) in [5, 5.41) is 3.65. The van der Waals surface area contributed by atoms with Crippen molar-refractivity contribution in [2.75, 3.05) is 0 Å². The molecule has 1 rings (SSSR count). The van der Waals surface area contributed by atoms with E-state index >= 15 is 0 Å². The number of nitrogens with one attached hydrogen (secondary N) is 1. The smallest absolute Gasteiger partial charge is 0.126 e. The van der Waals surface area contributed by atoms with Crippen LogP contribution in [0.5, 0.6) is 0 Å². The van der Waals surface area contributed by atoms with Crippen LogP contribution in [0, 0.1) is 12.7 Å². The van der Waals surface area contributed by atoms with Gasteiger partial charge in [-0.05, 0) is 43.9 Å². The number of unbranched alkanes of at least 4 members (excludes halogenated alkanes) is 1. The summed E-state index contributed by atoms with van der Waals surface area (Å²) in [4.78, 5) is 0. The largest absolute Gasteiger partial charge is 0.307 e. The SMILES string of the molecule is CCCCC(CCC)NC(C)c1ccc(C)c(F)c1. The van der Waals surface area contributed by atoms with E-state index in [1.807, 2.05) is 12.1 Å². The van der Waals surface area contributed by atoms with E-state index in [9.17, 15) is 4.39 Å². The topological polar surface area (TPSA) is 12.0 Å². The maximum absolute atomic E-state index is 13.6. The zero-order valence-corrected chi connectivity index (χ0v) is 12.8. The van der Waals surface area contributed by atoms with E-state index in [1.54, 1.807) is 13.0 Å². The lowest BCUT2D eigenvalue weighted by atomic mass is 10.0. The predicted octanol–water partition coefficient (Wildman–Crippen LogP) is 5.14.